The first kappa shape index (κ1) is 16.8. The van der Waals surface area contributed by atoms with E-state index in [0.29, 0.717) is 17.5 Å². The van der Waals surface area contributed by atoms with Gasteiger partial charge in [-0.3, -0.25) is 0 Å². The van der Waals surface area contributed by atoms with Crippen molar-refractivity contribution in [1.82, 2.24) is 5.32 Å². The molecule has 0 aliphatic rings. The van der Waals surface area contributed by atoms with E-state index in [4.69, 9.17) is 9.47 Å². The van der Waals surface area contributed by atoms with E-state index in [-0.39, 0.29) is 6.61 Å². The second kappa shape index (κ2) is 8.11. The van der Waals surface area contributed by atoms with Crippen molar-refractivity contribution in [2.24, 2.45) is 0 Å². The van der Waals surface area contributed by atoms with Crippen LogP contribution in [0.25, 0.3) is 0 Å². The maximum atomic E-state index is 11.1. The van der Waals surface area contributed by atoms with Gasteiger partial charge in [0, 0.05) is 12.6 Å². The van der Waals surface area contributed by atoms with Crippen LogP contribution in [0, 0.1) is 0 Å². The monoisotopic (exact) mass is 345 g/mol. The van der Waals surface area contributed by atoms with E-state index in [0.717, 1.165) is 16.6 Å². The SMILES string of the molecule is COC(=O)COc1c(Br)cc(CNC(C)C)cc1OC. The number of esters is 1. The second-order valence-electron chi connectivity index (χ2n) is 4.51. The fraction of sp³-hybridized carbons (Fsp3) is 0.500. The van der Waals surface area contributed by atoms with Crippen LogP contribution in [0.2, 0.25) is 0 Å². The molecule has 20 heavy (non-hydrogen) atoms. The molecule has 0 bridgehead atoms. The molecule has 0 unspecified atom stereocenters. The molecule has 5 nitrogen and oxygen atoms in total. The maximum absolute atomic E-state index is 11.1. The van der Waals surface area contributed by atoms with Gasteiger partial charge in [0.1, 0.15) is 0 Å². The van der Waals surface area contributed by atoms with Gasteiger partial charge in [-0.2, -0.15) is 0 Å². The van der Waals surface area contributed by atoms with E-state index in [1.54, 1.807) is 7.11 Å². The zero-order valence-corrected chi connectivity index (χ0v) is 13.7. The van der Waals surface area contributed by atoms with Gasteiger partial charge in [-0.15, -0.1) is 0 Å². The molecule has 1 aromatic rings. The van der Waals surface area contributed by atoms with Crippen LogP contribution in [0.3, 0.4) is 0 Å². The summed E-state index contributed by atoms with van der Waals surface area (Å²) in [5, 5.41) is 3.33. The van der Waals surface area contributed by atoms with E-state index >= 15 is 0 Å². The molecule has 0 aliphatic heterocycles. The van der Waals surface area contributed by atoms with Gasteiger partial charge in [0.2, 0.25) is 0 Å². The van der Waals surface area contributed by atoms with Crippen molar-refractivity contribution in [1.29, 1.82) is 0 Å². The van der Waals surface area contributed by atoms with Crippen LogP contribution < -0.4 is 14.8 Å². The highest BCUT2D eigenvalue weighted by atomic mass is 79.9. The first-order valence-corrected chi connectivity index (χ1v) is 7.06. The molecule has 1 N–H and O–H groups in total. The summed E-state index contributed by atoms with van der Waals surface area (Å²) in [6.07, 6.45) is 0. The lowest BCUT2D eigenvalue weighted by Gasteiger charge is -2.15. The largest absolute Gasteiger partial charge is 0.493 e. The molecular weight excluding hydrogens is 326 g/mol. The van der Waals surface area contributed by atoms with Crippen LogP contribution in [0.1, 0.15) is 19.4 Å². The summed E-state index contributed by atoms with van der Waals surface area (Å²) >= 11 is 3.43. The lowest BCUT2D eigenvalue weighted by Crippen LogP contribution is -2.21. The third kappa shape index (κ3) is 5.02. The Balaban J connectivity index is 2.87. The van der Waals surface area contributed by atoms with Gasteiger partial charge >= 0.3 is 5.97 Å². The van der Waals surface area contributed by atoms with Crippen LogP contribution in [0.5, 0.6) is 11.5 Å². The molecule has 0 radical (unpaired) electrons. The number of methoxy groups -OCH3 is 2. The molecule has 0 aliphatic carbocycles. The highest BCUT2D eigenvalue weighted by Crippen LogP contribution is 2.36. The van der Waals surface area contributed by atoms with Crippen molar-refractivity contribution in [3.05, 3.63) is 22.2 Å². The average molecular weight is 346 g/mol. The van der Waals surface area contributed by atoms with Gasteiger partial charge in [0.05, 0.1) is 18.7 Å². The van der Waals surface area contributed by atoms with Crippen LogP contribution in [0.15, 0.2) is 16.6 Å². The summed E-state index contributed by atoms with van der Waals surface area (Å²) in [6.45, 7) is 4.74. The maximum Gasteiger partial charge on any atom is 0.343 e. The molecule has 0 saturated heterocycles. The first-order valence-electron chi connectivity index (χ1n) is 6.27. The summed E-state index contributed by atoms with van der Waals surface area (Å²) in [6, 6.07) is 4.21. The Morgan fingerprint density at radius 1 is 1.35 bits per heavy atom. The topological polar surface area (TPSA) is 56.8 Å². The normalized spacial score (nSPS) is 10.5. The molecule has 1 rings (SSSR count). The number of rotatable bonds is 7. The molecule has 0 fully saturated rings. The number of benzene rings is 1. The molecule has 1 aromatic carbocycles. The van der Waals surface area contributed by atoms with Crippen molar-refractivity contribution in [3.8, 4) is 11.5 Å². The van der Waals surface area contributed by atoms with Crippen molar-refractivity contribution in [2.75, 3.05) is 20.8 Å². The molecule has 0 spiro atoms. The van der Waals surface area contributed by atoms with E-state index in [2.05, 4.69) is 39.8 Å². The molecule has 0 heterocycles. The summed E-state index contributed by atoms with van der Waals surface area (Å²) in [5.41, 5.74) is 1.06. The number of halogens is 1. The Bertz CT molecular complexity index is 463. The highest BCUT2D eigenvalue weighted by molar-refractivity contribution is 9.10. The predicted octanol–water partition coefficient (Wildman–Crippen LogP) is 2.51. The summed E-state index contributed by atoms with van der Waals surface area (Å²) in [7, 11) is 2.88. The molecule has 6 heteroatoms. The fourth-order valence-electron chi connectivity index (χ4n) is 1.53. The minimum absolute atomic E-state index is 0.158. The third-order valence-electron chi connectivity index (χ3n) is 2.57. The standard InChI is InChI=1S/C14H20BrNO4/c1-9(2)16-7-10-5-11(15)14(12(6-10)18-3)20-8-13(17)19-4/h5-6,9,16H,7-8H2,1-4H3. The third-order valence-corrected chi connectivity index (χ3v) is 3.15. The molecule has 0 saturated carbocycles. The number of hydrogen-bond acceptors (Lipinski definition) is 5. The Morgan fingerprint density at radius 3 is 2.60 bits per heavy atom. The molecule has 0 amide bonds. The number of nitrogens with one attached hydrogen (secondary N) is 1. The Morgan fingerprint density at radius 2 is 2.05 bits per heavy atom. The quantitative estimate of drug-likeness (QED) is 0.769. The van der Waals surface area contributed by atoms with Gasteiger partial charge in [0.25, 0.3) is 0 Å². The predicted molar refractivity (Wildman–Crippen MR) is 80.2 cm³/mol. The van der Waals surface area contributed by atoms with E-state index < -0.39 is 5.97 Å². The summed E-state index contributed by atoms with van der Waals surface area (Å²) in [5.74, 6) is 0.625. The number of hydrogen-bond donors (Lipinski definition) is 1. The van der Waals surface area contributed by atoms with Crippen molar-refractivity contribution in [2.45, 2.75) is 26.4 Å². The zero-order chi connectivity index (χ0) is 15.1. The van der Waals surface area contributed by atoms with Crippen molar-refractivity contribution in [3.63, 3.8) is 0 Å². The van der Waals surface area contributed by atoms with Crippen LogP contribution in [-0.4, -0.2) is 32.8 Å². The Hall–Kier alpha value is -1.27. The van der Waals surface area contributed by atoms with Crippen LogP contribution in [0.4, 0.5) is 0 Å². The Kier molecular flexibility index (Phi) is 6.81. The van der Waals surface area contributed by atoms with Crippen LogP contribution in [-0.2, 0) is 16.1 Å². The van der Waals surface area contributed by atoms with Crippen molar-refractivity contribution >= 4 is 21.9 Å². The van der Waals surface area contributed by atoms with Gasteiger partial charge < -0.3 is 19.5 Å². The first-order chi connectivity index (χ1) is 9.47. The number of carbonyl (C=O) groups excluding carboxylic acids is 1. The lowest BCUT2D eigenvalue weighted by molar-refractivity contribution is -0.142. The zero-order valence-electron chi connectivity index (χ0n) is 12.2. The second-order valence-corrected chi connectivity index (χ2v) is 5.36. The lowest BCUT2D eigenvalue weighted by atomic mass is 10.2. The van der Waals surface area contributed by atoms with E-state index in [1.807, 2.05) is 12.1 Å². The molecular formula is C14H20BrNO4. The summed E-state index contributed by atoms with van der Waals surface area (Å²) < 4.78 is 16.0. The van der Waals surface area contributed by atoms with Gasteiger partial charge in [-0.05, 0) is 33.6 Å². The van der Waals surface area contributed by atoms with Crippen molar-refractivity contribution < 1.29 is 19.0 Å². The van der Waals surface area contributed by atoms with Gasteiger partial charge in [-0.1, -0.05) is 13.8 Å². The number of carbonyl (C=O) groups is 1. The summed E-state index contributed by atoms with van der Waals surface area (Å²) in [4.78, 5) is 11.1. The molecule has 0 atom stereocenters. The minimum Gasteiger partial charge on any atom is -0.493 e. The van der Waals surface area contributed by atoms with Gasteiger partial charge in [0.15, 0.2) is 18.1 Å². The van der Waals surface area contributed by atoms with E-state index in [1.165, 1.54) is 7.11 Å². The van der Waals surface area contributed by atoms with Crippen LogP contribution >= 0.6 is 15.9 Å². The molecule has 112 valence electrons. The number of ether oxygens (including phenoxy) is 3. The smallest absolute Gasteiger partial charge is 0.343 e. The van der Waals surface area contributed by atoms with Gasteiger partial charge in [-0.25, -0.2) is 4.79 Å². The minimum atomic E-state index is -0.440. The molecule has 0 aromatic heterocycles. The highest BCUT2D eigenvalue weighted by Gasteiger charge is 2.13. The fourth-order valence-corrected chi connectivity index (χ4v) is 2.13. The Labute approximate surface area is 127 Å². The average Bonchev–Trinajstić information content (AvgIpc) is 2.42. The van der Waals surface area contributed by atoms with E-state index in [9.17, 15) is 4.79 Å².